The molecule has 114 valence electrons. The Hall–Kier alpha value is -2.44. The molecular weight excluding hydrogens is 278 g/mol. The second-order valence-electron chi connectivity index (χ2n) is 4.44. The lowest BCUT2D eigenvalue weighted by atomic mass is 9.84. The Bertz CT molecular complexity index is 501. The molecule has 0 bridgehead atoms. The van der Waals surface area contributed by atoms with Crippen molar-refractivity contribution in [3.8, 4) is 0 Å². The van der Waals surface area contributed by atoms with Gasteiger partial charge in [0.15, 0.2) is 0 Å². The Kier molecular flexibility index (Phi) is 6.32. The molecule has 0 saturated carbocycles. The molecule has 0 aliphatic rings. The SMILES string of the molecule is COC(=O)CC(C(=O)OC)[C@H](C[N+](=O)[O-])c1ccccc1. The summed E-state index contributed by atoms with van der Waals surface area (Å²) >= 11 is 0. The quantitative estimate of drug-likeness (QED) is 0.428. The molecule has 0 radical (unpaired) electrons. The summed E-state index contributed by atoms with van der Waals surface area (Å²) in [6.07, 6.45) is -0.267. The first-order chi connectivity index (χ1) is 9.99. The minimum absolute atomic E-state index is 0.267. The topological polar surface area (TPSA) is 95.7 Å². The minimum atomic E-state index is -0.963. The highest BCUT2D eigenvalue weighted by atomic mass is 16.6. The summed E-state index contributed by atoms with van der Waals surface area (Å²) in [6.45, 7) is -0.471. The van der Waals surface area contributed by atoms with Gasteiger partial charge in [0.2, 0.25) is 6.54 Å². The molecule has 0 aromatic heterocycles. The van der Waals surface area contributed by atoms with Gasteiger partial charge in [-0.15, -0.1) is 0 Å². The number of esters is 2. The molecule has 0 amide bonds. The predicted molar refractivity (Wildman–Crippen MR) is 73.2 cm³/mol. The van der Waals surface area contributed by atoms with E-state index in [0.717, 1.165) is 0 Å². The van der Waals surface area contributed by atoms with Crippen LogP contribution < -0.4 is 0 Å². The summed E-state index contributed by atoms with van der Waals surface area (Å²) in [5.41, 5.74) is 0.605. The maximum atomic E-state index is 11.9. The number of nitrogens with zero attached hydrogens (tertiary/aromatic N) is 1. The molecule has 0 heterocycles. The van der Waals surface area contributed by atoms with Crippen molar-refractivity contribution in [3.63, 3.8) is 0 Å². The van der Waals surface area contributed by atoms with Crippen molar-refractivity contribution in [3.05, 3.63) is 46.0 Å². The molecule has 1 unspecified atom stereocenters. The maximum absolute atomic E-state index is 11.9. The first-order valence-corrected chi connectivity index (χ1v) is 6.31. The van der Waals surface area contributed by atoms with Gasteiger partial charge in [-0.05, 0) is 5.56 Å². The number of nitro groups is 1. The van der Waals surface area contributed by atoms with Gasteiger partial charge in [0.25, 0.3) is 0 Å². The van der Waals surface area contributed by atoms with Crippen molar-refractivity contribution in [2.75, 3.05) is 20.8 Å². The van der Waals surface area contributed by atoms with E-state index in [1.165, 1.54) is 14.2 Å². The normalized spacial score (nSPS) is 13.0. The van der Waals surface area contributed by atoms with Crippen molar-refractivity contribution in [2.45, 2.75) is 12.3 Å². The Morgan fingerprint density at radius 3 is 2.29 bits per heavy atom. The van der Waals surface area contributed by atoms with E-state index in [9.17, 15) is 19.7 Å². The Morgan fingerprint density at radius 2 is 1.81 bits per heavy atom. The summed E-state index contributed by atoms with van der Waals surface area (Å²) in [5, 5.41) is 10.9. The highest BCUT2D eigenvalue weighted by Gasteiger charge is 2.36. The van der Waals surface area contributed by atoms with Crippen LogP contribution in [0.15, 0.2) is 30.3 Å². The molecule has 7 nitrogen and oxygen atoms in total. The first kappa shape index (κ1) is 16.6. The van der Waals surface area contributed by atoms with Gasteiger partial charge in [-0.3, -0.25) is 19.7 Å². The lowest BCUT2D eigenvalue weighted by Gasteiger charge is -2.21. The van der Waals surface area contributed by atoms with E-state index in [4.69, 9.17) is 0 Å². The van der Waals surface area contributed by atoms with Gasteiger partial charge in [0, 0.05) is 4.92 Å². The zero-order valence-corrected chi connectivity index (χ0v) is 11.9. The van der Waals surface area contributed by atoms with Gasteiger partial charge in [0.1, 0.15) is 0 Å². The maximum Gasteiger partial charge on any atom is 0.310 e. The summed E-state index contributed by atoms with van der Waals surface area (Å²) in [6, 6.07) is 8.56. The van der Waals surface area contributed by atoms with Crippen LogP contribution in [0.4, 0.5) is 0 Å². The molecule has 0 N–H and O–H groups in total. The first-order valence-electron chi connectivity index (χ1n) is 6.31. The van der Waals surface area contributed by atoms with Crippen LogP contribution in [0.25, 0.3) is 0 Å². The van der Waals surface area contributed by atoms with Crippen LogP contribution in [0.2, 0.25) is 0 Å². The second kappa shape index (κ2) is 7.98. The van der Waals surface area contributed by atoms with Crippen molar-refractivity contribution >= 4 is 11.9 Å². The average Bonchev–Trinajstić information content (AvgIpc) is 2.50. The van der Waals surface area contributed by atoms with Crippen LogP contribution in [0.1, 0.15) is 17.9 Å². The van der Waals surface area contributed by atoms with Crippen molar-refractivity contribution in [2.24, 2.45) is 5.92 Å². The predicted octanol–water partition coefficient (Wildman–Crippen LogP) is 1.40. The molecule has 1 aromatic rings. The summed E-state index contributed by atoms with van der Waals surface area (Å²) in [4.78, 5) is 33.8. The van der Waals surface area contributed by atoms with Gasteiger partial charge in [0.05, 0.1) is 32.5 Å². The van der Waals surface area contributed by atoms with Crippen molar-refractivity contribution in [1.29, 1.82) is 0 Å². The monoisotopic (exact) mass is 295 g/mol. The Morgan fingerprint density at radius 1 is 1.19 bits per heavy atom. The minimum Gasteiger partial charge on any atom is -0.469 e. The third-order valence-electron chi connectivity index (χ3n) is 3.18. The molecule has 0 spiro atoms. The highest BCUT2D eigenvalue weighted by Crippen LogP contribution is 2.29. The largest absolute Gasteiger partial charge is 0.469 e. The lowest BCUT2D eigenvalue weighted by Crippen LogP contribution is -2.31. The third kappa shape index (κ3) is 4.87. The molecule has 0 aliphatic heterocycles. The van der Waals surface area contributed by atoms with Crippen LogP contribution in [-0.2, 0) is 19.1 Å². The third-order valence-corrected chi connectivity index (χ3v) is 3.18. The number of carbonyl (C=O) groups excluding carboxylic acids is 2. The van der Waals surface area contributed by atoms with Crippen LogP contribution >= 0.6 is 0 Å². The molecule has 2 atom stereocenters. The van der Waals surface area contributed by atoms with E-state index in [-0.39, 0.29) is 6.42 Å². The van der Waals surface area contributed by atoms with Gasteiger partial charge in [-0.1, -0.05) is 30.3 Å². The molecule has 21 heavy (non-hydrogen) atoms. The molecule has 0 saturated heterocycles. The number of hydrogen-bond donors (Lipinski definition) is 0. The van der Waals surface area contributed by atoms with E-state index in [2.05, 4.69) is 9.47 Å². The highest BCUT2D eigenvalue weighted by molar-refractivity contribution is 5.80. The fraction of sp³-hybridized carbons (Fsp3) is 0.429. The lowest BCUT2D eigenvalue weighted by molar-refractivity contribution is -0.484. The fourth-order valence-corrected chi connectivity index (χ4v) is 2.13. The zero-order valence-electron chi connectivity index (χ0n) is 11.9. The zero-order chi connectivity index (χ0) is 15.8. The van der Waals surface area contributed by atoms with Crippen LogP contribution in [0.5, 0.6) is 0 Å². The van der Waals surface area contributed by atoms with E-state index >= 15 is 0 Å². The Balaban J connectivity index is 3.13. The van der Waals surface area contributed by atoms with Crippen LogP contribution in [-0.4, -0.2) is 37.6 Å². The van der Waals surface area contributed by atoms with Gasteiger partial charge in [-0.25, -0.2) is 0 Å². The van der Waals surface area contributed by atoms with E-state index in [1.807, 2.05) is 0 Å². The summed E-state index contributed by atoms with van der Waals surface area (Å²) in [5.74, 6) is -3.01. The van der Waals surface area contributed by atoms with E-state index < -0.39 is 35.2 Å². The number of ether oxygens (including phenoxy) is 2. The number of methoxy groups -OCH3 is 2. The number of hydrogen-bond acceptors (Lipinski definition) is 6. The molecule has 0 aliphatic carbocycles. The number of benzene rings is 1. The fourth-order valence-electron chi connectivity index (χ4n) is 2.13. The van der Waals surface area contributed by atoms with Crippen molar-refractivity contribution in [1.82, 2.24) is 0 Å². The summed E-state index contributed by atoms with van der Waals surface area (Å²) < 4.78 is 9.22. The number of carbonyl (C=O) groups is 2. The van der Waals surface area contributed by atoms with Crippen molar-refractivity contribution < 1.29 is 24.0 Å². The average molecular weight is 295 g/mol. The molecule has 1 rings (SSSR count). The van der Waals surface area contributed by atoms with Gasteiger partial charge in [-0.2, -0.15) is 0 Å². The van der Waals surface area contributed by atoms with Crippen LogP contribution in [0, 0.1) is 16.0 Å². The molecule has 1 aromatic carbocycles. The smallest absolute Gasteiger partial charge is 0.310 e. The van der Waals surface area contributed by atoms with E-state index in [1.54, 1.807) is 30.3 Å². The number of rotatable bonds is 7. The molecule has 7 heteroatoms. The molecular formula is C14H17NO6. The second-order valence-corrected chi connectivity index (χ2v) is 4.44. The molecule has 0 fully saturated rings. The standard InChI is InChI=1S/C14H17NO6/c1-20-13(16)8-11(14(17)21-2)12(9-15(18)19)10-6-4-3-5-7-10/h3-7,11-12H,8-9H2,1-2H3/t11?,12-/m1/s1. The van der Waals surface area contributed by atoms with Crippen LogP contribution in [0.3, 0.4) is 0 Å². The van der Waals surface area contributed by atoms with E-state index in [0.29, 0.717) is 5.56 Å². The summed E-state index contributed by atoms with van der Waals surface area (Å²) in [7, 11) is 2.38. The Labute approximate surface area is 122 Å². The van der Waals surface area contributed by atoms with Gasteiger partial charge < -0.3 is 9.47 Å². The van der Waals surface area contributed by atoms with Gasteiger partial charge >= 0.3 is 11.9 Å².